The van der Waals surface area contributed by atoms with Crippen LogP contribution in [0, 0.1) is 0 Å². The first-order chi connectivity index (χ1) is 16.3. The Kier molecular flexibility index (Phi) is 6.13. The summed E-state index contributed by atoms with van der Waals surface area (Å²) in [4.78, 5) is 0. The fourth-order valence-electron chi connectivity index (χ4n) is 5.56. The Balaban J connectivity index is 1.72. The fourth-order valence-corrected chi connectivity index (χ4v) is 5.56. The molecule has 1 aliphatic carbocycles. The first kappa shape index (κ1) is 21.6. The Morgan fingerprint density at radius 3 is 1.30 bits per heavy atom. The monoisotopic (exact) mass is 434 g/mol. The molecule has 0 saturated carbocycles. The van der Waals surface area contributed by atoms with E-state index in [1.165, 1.54) is 44.5 Å². The quantitative estimate of drug-likeness (QED) is 0.319. The summed E-state index contributed by atoms with van der Waals surface area (Å²) in [5.74, 6) is 0. The minimum Gasteiger partial charge on any atom is -0.396 e. The zero-order valence-corrected chi connectivity index (χ0v) is 18.9. The molecule has 0 bridgehead atoms. The van der Waals surface area contributed by atoms with Crippen molar-refractivity contribution in [2.24, 2.45) is 0 Å². The lowest BCUT2D eigenvalue weighted by Gasteiger charge is -2.32. The number of aliphatic hydroxyl groups is 2. The molecule has 1 aliphatic rings. The van der Waals surface area contributed by atoms with E-state index in [2.05, 4.69) is 84.9 Å². The number of fused-ring (bicyclic) bond motifs is 3. The molecule has 5 rings (SSSR count). The van der Waals surface area contributed by atoms with Gasteiger partial charge in [-0.3, -0.25) is 0 Å². The maximum absolute atomic E-state index is 9.70. The van der Waals surface area contributed by atoms with Crippen LogP contribution in [0.1, 0.15) is 36.8 Å². The SMILES string of the molecule is OCCCC1(CCCO)c2ccc(-c3ccccc3)cc2-c2cc(-c3ccccc3)ccc21. The molecule has 4 aromatic carbocycles. The van der Waals surface area contributed by atoms with Crippen molar-refractivity contribution in [1.29, 1.82) is 0 Å². The largest absolute Gasteiger partial charge is 0.396 e. The lowest BCUT2D eigenvalue weighted by atomic mass is 9.71. The Labute approximate surface area is 196 Å². The molecule has 0 aliphatic heterocycles. The standard InChI is InChI=1S/C31H30O2/c32-19-7-17-31(18-8-20-33)29-15-13-25(23-9-3-1-4-10-23)21-27(29)28-22-26(14-16-30(28)31)24-11-5-2-6-12-24/h1-6,9-16,21-22,32-33H,7-8,17-20H2. The molecule has 0 heterocycles. The fraction of sp³-hybridized carbons (Fsp3) is 0.226. The minimum atomic E-state index is -0.180. The summed E-state index contributed by atoms with van der Waals surface area (Å²) in [5.41, 5.74) is 9.87. The predicted molar refractivity (Wildman–Crippen MR) is 136 cm³/mol. The Morgan fingerprint density at radius 1 is 0.485 bits per heavy atom. The normalized spacial score (nSPS) is 13.5. The van der Waals surface area contributed by atoms with Gasteiger partial charge in [0.2, 0.25) is 0 Å². The molecular weight excluding hydrogens is 404 g/mol. The van der Waals surface area contributed by atoms with E-state index in [4.69, 9.17) is 0 Å². The molecule has 2 heteroatoms. The summed E-state index contributed by atoms with van der Waals surface area (Å²) in [6.45, 7) is 0.353. The third kappa shape index (κ3) is 3.90. The van der Waals surface area contributed by atoms with Gasteiger partial charge in [-0.15, -0.1) is 0 Å². The molecule has 2 N–H and O–H groups in total. The molecule has 0 fully saturated rings. The van der Waals surface area contributed by atoms with Crippen molar-refractivity contribution in [3.05, 3.63) is 108 Å². The van der Waals surface area contributed by atoms with Crippen molar-refractivity contribution < 1.29 is 10.2 Å². The molecule has 33 heavy (non-hydrogen) atoms. The van der Waals surface area contributed by atoms with Crippen LogP contribution in [0.2, 0.25) is 0 Å². The molecular formula is C31H30O2. The van der Waals surface area contributed by atoms with Crippen molar-refractivity contribution in [2.75, 3.05) is 13.2 Å². The number of hydrogen-bond donors (Lipinski definition) is 2. The predicted octanol–water partition coefficient (Wildman–Crippen LogP) is 6.83. The van der Waals surface area contributed by atoms with E-state index in [0.29, 0.717) is 0 Å². The number of aliphatic hydroxyl groups excluding tert-OH is 2. The van der Waals surface area contributed by atoms with Gasteiger partial charge in [-0.25, -0.2) is 0 Å². The van der Waals surface area contributed by atoms with Gasteiger partial charge in [0.05, 0.1) is 0 Å². The van der Waals surface area contributed by atoms with Gasteiger partial charge in [0.15, 0.2) is 0 Å². The highest BCUT2D eigenvalue weighted by atomic mass is 16.3. The topological polar surface area (TPSA) is 40.5 Å². The highest BCUT2D eigenvalue weighted by molar-refractivity contribution is 5.87. The van der Waals surface area contributed by atoms with Crippen LogP contribution in [0.25, 0.3) is 33.4 Å². The summed E-state index contributed by atoms with van der Waals surface area (Å²) in [5, 5.41) is 19.4. The smallest absolute Gasteiger partial charge is 0.0431 e. The van der Waals surface area contributed by atoms with E-state index in [9.17, 15) is 10.2 Å². The molecule has 0 amide bonds. The van der Waals surface area contributed by atoms with Gasteiger partial charge in [-0.1, -0.05) is 84.9 Å². The second-order valence-corrected chi connectivity index (χ2v) is 8.99. The van der Waals surface area contributed by atoms with Crippen LogP contribution in [0.15, 0.2) is 97.1 Å². The molecule has 2 nitrogen and oxygen atoms in total. The third-order valence-corrected chi connectivity index (χ3v) is 7.10. The maximum atomic E-state index is 9.70. The summed E-state index contributed by atoms with van der Waals surface area (Å²) in [6, 6.07) is 34.7. The van der Waals surface area contributed by atoms with Crippen LogP contribution < -0.4 is 0 Å². The zero-order valence-electron chi connectivity index (χ0n) is 18.9. The van der Waals surface area contributed by atoms with Crippen LogP contribution in [0.4, 0.5) is 0 Å². The van der Waals surface area contributed by atoms with Gasteiger partial charge in [-0.2, -0.15) is 0 Å². The molecule has 0 aromatic heterocycles. The van der Waals surface area contributed by atoms with Crippen molar-refractivity contribution >= 4 is 0 Å². The zero-order chi connectivity index (χ0) is 22.7. The number of benzene rings is 4. The van der Waals surface area contributed by atoms with Crippen LogP contribution in [0.3, 0.4) is 0 Å². The van der Waals surface area contributed by atoms with Crippen molar-refractivity contribution in [3.8, 4) is 33.4 Å². The van der Waals surface area contributed by atoms with Crippen molar-refractivity contribution in [2.45, 2.75) is 31.1 Å². The molecule has 0 unspecified atom stereocenters. The molecule has 166 valence electrons. The first-order valence-corrected chi connectivity index (χ1v) is 11.9. The van der Waals surface area contributed by atoms with Gasteiger partial charge < -0.3 is 10.2 Å². The summed E-state index contributed by atoms with van der Waals surface area (Å²) < 4.78 is 0. The van der Waals surface area contributed by atoms with Crippen LogP contribution in [-0.2, 0) is 5.41 Å². The van der Waals surface area contributed by atoms with Crippen molar-refractivity contribution in [1.82, 2.24) is 0 Å². The van der Waals surface area contributed by atoms with Crippen molar-refractivity contribution in [3.63, 3.8) is 0 Å². The minimum absolute atomic E-state index is 0.176. The summed E-state index contributed by atoms with van der Waals surface area (Å²) in [6.07, 6.45) is 3.23. The van der Waals surface area contributed by atoms with E-state index >= 15 is 0 Å². The molecule has 0 atom stereocenters. The average molecular weight is 435 g/mol. The molecule has 0 spiro atoms. The Bertz CT molecular complexity index is 1130. The van der Waals surface area contributed by atoms with E-state index in [1.807, 2.05) is 12.1 Å². The second kappa shape index (κ2) is 9.35. The van der Waals surface area contributed by atoms with Crippen LogP contribution in [-0.4, -0.2) is 23.4 Å². The van der Waals surface area contributed by atoms with Gasteiger partial charge in [0.1, 0.15) is 0 Å². The van der Waals surface area contributed by atoms with Crippen LogP contribution >= 0.6 is 0 Å². The van der Waals surface area contributed by atoms with E-state index in [0.717, 1.165) is 25.7 Å². The summed E-state index contributed by atoms with van der Waals surface area (Å²) >= 11 is 0. The van der Waals surface area contributed by atoms with E-state index < -0.39 is 0 Å². The van der Waals surface area contributed by atoms with Gasteiger partial charge >= 0.3 is 0 Å². The van der Waals surface area contributed by atoms with Gasteiger partial charge in [0, 0.05) is 18.6 Å². The van der Waals surface area contributed by atoms with Crippen LogP contribution in [0.5, 0.6) is 0 Å². The molecule has 4 aromatic rings. The van der Waals surface area contributed by atoms with E-state index in [-0.39, 0.29) is 18.6 Å². The lowest BCUT2D eigenvalue weighted by molar-refractivity contribution is 0.247. The molecule has 0 saturated heterocycles. The van der Waals surface area contributed by atoms with Gasteiger partial charge in [0.25, 0.3) is 0 Å². The maximum Gasteiger partial charge on any atom is 0.0431 e. The first-order valence-electron chi connectivity index (χ1n) is 11.9. The highest BCUT2D eigenvalue weighted by Crippen LogP contribution is 2.55. The lowest BCUT2D eigenvalue weighted by Crippen LogP contribution is -2.26. The van der Waals surface area contributed by atoms with E-state index in [1.54, 1.807) is 0 Å². The second-order valence-electron chi connectivity index (χ2n) is 8.99. The van der Waals surface area contributed by atoms with Gasteiger partial charge in [-0.05, 0) is 82.3 Å². The highest BCUT2D eigenvalue weighted by Gasteiger charge is 2.42. The third-order valence-electron chi connectivity index (χ3n) is 7.10. The Hall–Kier alpha value is -3.20. The Morgan fingerprint density at radius 2 is 0.909 bits per heavy atom. The molecule has 0 radical (unpaired) electrons. The number of hydrogen-bond acceptors (Lipinski definition) is 2. The average Bonchev–Trinajstić information content (AvgIpc) is 3.16. The number of rotatable bonds is 8. The summed E-state index contributed by atoms with van der Waals surface area (Å²) in [7, 11) is 0.